The molecule has 0 radical (unpaired) electrons. The number of methoxy groups -OCH3 is 1. The first-order valence-electron chi connectivity index (χ1n) is 14.4. The molecule has 1 unspecified atom stereocenters. The average molecular weight is 522 g/mol. The highest BCUT2D eigenvalue weighted by Crippen LogP contribution is 2.14. The summed E-state index contributed by atoms with van der Waals surface area (Å²) in [6.45, 7) is 7.52. The number of carbonyl (C=O) groups excluding carboxylic acids is 2. The Balaban J connectivity index is 0.000000635. The van der Waals surface area contributed by atoms with Gasteiger partial charge in [0.2, 0.25) is 0 Å². The third-order valence-corrected chi connectivity index (χ3v) is 6.50. The van der Waals surface area contributed by atoms with Gasteiger partial charge in [0.05, 0.1) is 30.9 Å². The van der Waals surface area contributed by atoms with Gasteiger partial charge in [0.25, 0.3) is 0 Å². The molecule has 1 fully saturated rings. The predicted octanol–water partition coefficient (Wildman–Crippen LogP) is 7.07. The van der Waals surface area contributed by atoms with Crippen molar-refractivity contribution in [2.45, 2.75) is 97.3 Å². The predicted molar refractivity (Wildman–Crippen MR) is 147 cm³/mol. The summed E-state index contributed by atoms with van der Waals surface area (Å²) in [6.07, 6.45) is 14.7. The Morgan fingerprint density at radius 1 is 0.811 bits per heavy atom. The van der Waals surface area contributed by atoms with E-state index < -0.39 is 11.9 Å². The van der Waals surface area contributed by atoms with Gasteiger partial charge in [-0.1, -0.05) is 90.2 Å². The SMILES string of the molecule is CCCCCCCCOC(=O)c1ccccc1C(=O)OCCCCCCCC.COCC1CCN(O)C1. The lowest BCUT2D eigenvalue weighted by molar-refractivity contribution is -0.0732. The van der Waals surface area contributed by atoms with E-state index >= 15 is 0 Å². The number of nitrogens with zero attached hydrogens (tertiary/aromatic N) is 1. The summed E-state index contributed by atoms with van der Waals surface area (Å²) >= 11 is 0. The lowest BCUT2D eigenvalue weighted by atomic mass is 10.1. The second-order valence-electron chi connectivity index (χ2n) is 9.88. The quantitative estimate of drug-likeness (QED) is 0.163. The normalized spacial score (nSPS) is 15.2. The van der Waals surface area contributed by atoms with E-state index in [1.165, 1.54) is 56.4 Å². The Hall–Kier alpha value is -1.96. The number of hydrogen-bond acceptors (Lipinski definition) is 7. The van der Waals surface area contributed by atoms with Gasteiger partial charge < -0.3 is 19.4 Å². The Kier molecular flexibility index (Phi) is 19.7. The molecule has 0 spiro atoms. The molecule has 0 aliphatic carbocycles. The molecule has 7 nitrogen and oxygen atoms in total. The summed E-state index contributed by atoms with van der Waals surface area (Å²) in [5.41, 5.74) is 0.586. The number of hydroxylamine groups is 2. The smallest absolute Gasteiger partial charge is 0.339 e. The van der Waals surface area contributed by atoms with Crippen LogP contribution in [0.4, 0.5) is 0 Å². The molecule has 1 saturated heterocycles. The van der Waals surface area contributed by atoms with Crippen LogP contribution in [0.2, 0.25) is 0 Å². The van der Waals surface area contributed by atoms with Crippen molar-refractivity contribution in [3.8, 4) is 0 Å². The first kappa shape index (κ1) is 33.1. The largest absolute Gasteiger partial charge is 0.462 e. The summed E-state index contributed by atoms with van der Waals surface area (Å²) in [6, 6.07) is 6.74. The van der Waals surface area contributed by atoms with Crippen molar-refractivity contribution >= 4 is 11.9 Å². The van der Waals surface area contributed by atoms with Crippen molar-refractivity contribution < 1.29 is 29.0 Å². The van der Waals surface area contributed by atoms with E-state index in [2.05, 4.69) is 13.8 Å². The van der Waals surface area contributed by atoms with E-state index in [0.717, 1.165) is 51.8 Å². The molecule has 1 aliphatic rings. The topological polar surface area (TPSA) is 85.3 Å². The van der Waals surface area contributed by atoms with E-state index in [-0.39, 0.29) is 0 Å². The van der Waals surface area contributed by atoms with Gasteiger partial charge in [-0.3, -0.25) is 0 Å². The van der Waals surface area contributed by atoms with Gasteiger partial charge in [-0.15, -0.1) is 0 Å². The molecule has 212 valence electrons. The van der Waals surface area contributed by atoms with E-state index in [1.807, 2.05) is 0 Å². The minimum Gasteiger partial charge on any atom is -0.462 e. The van der Waals surface area contributed by atoms with E-state index in [4.69, 9.17) is 19.4 Å². The Morgan fingerprint density at radius 2 is 1.27 bits per heavy atom. The van der Waals surface area contributed by atoms with E-state index in [9.17, 15) is 9.59 Å². The summed E-state index contributed by atoms with van der Waals surface area (Å²) < 4.78 is 15.7. The highest BCUT2D eigenvalue weighted by molar-refractivity contribution is 6.03. The van der Waals surface area contributed by atoms with E-state index in [0.29, 0.717) is 30.3 Å². The summed E-state index contributed by atoms with van der Waals surface area (Å²) in [5, 5.41) is 10.3. The van der Waals surface area contributed by atoms with Crippen LogP contribution in [-0.4, -0.2) is 62.2 Å². The molecule has 1 heterocycles. The van der Waals surface area contributed by atoms with Gasteiger partial charge in [-0.25, -0.2) is 9.59 Å². The summed E-state index contributed by atoms with van der Waals surface area (Å²) in [5.74, 6) is -0.346. The lowest BCUT2D eigenvalue weighted by Gasteiger charge is -2.10. The number of hydrogen-bond donors (Lipinski definition) is 1. The number of benzene rings is 1. The first-order chi connectivity index (χ1) is 18.0. The third-order valence-electron chi connectivity index (χ3n) is 6.50. The second-order valence-corrected chi connectivity index (χ2v) is 9.88. The first-order valence-corrected chi connectivity index (χ1v) is 14.4. The van der Waals surface area contributed by atoms with Crippen molar-refractivity contribution in [2.75, 3.05) is 40.0 Å². The van der Waals surface area contributed by atoms with Crippen LogP contribution in [0.5, 0.6) is 0 Å². The Bertz CT molecular complexity index is 675. The van der Waals surface area contributed by atoms with Gasteiger partial charge in [0.15, 0.2) is 0 Å². The molecule has 2 rings (SSSR count). The van der Waals surface area contributed by atoms with Crippen molar-refractivity contribution in [3.63, 3.8) is 0 Å². The fourth-order valence-electron chi connectivity index (χ4n) is 4.27. The van der Waals surface area contributed by atoms with Gasteiger partial charge in [-0.2, -0.15) is 5.06 Å². The fourth-order valence-corrected chi connectivity index (χ4v) is 4.27. The molecule has 1 aromatic rings. The Morgan fingerprint density at radius 3 is 1.68 bits per heavy atom. The third kappa shape index (κ3) is 15.8. The number of rotatable bonds is 18. The maximum atomic E-state index is 12.4. The molecule has 0 aromatic heterocycles. The van der Waals surface area contributed by atoms with Crippen LogP contribution in [0.15, 0.2) is 24.3 Å². The number of carbonyl (C=O) groups is 2. The van der Waals surface area contributed by atoms with Crippen LogP contribution < -0.4 is 0 Å². The molecule has 1 atom stereocenters. The van der Waals surface area contributed by atoms with Crippen LogP contribution in [0.25, 0.3) is 0 Å². The zero-order chi connectivity index (χ0) is 27.1. The zero-order valence-corrected chi connectivity index (χ0v) is 23.6. The van der Waals surface area contributed by atoms with Gasteiger partial charge in [-0.05, 0) is 37.3 Å². The molecular weight excluding hydrogens is 470 g/mol. The van der Waals surface area contributed by atoms with Crippen molar-refractivity contribution in [1.82, 2.24) is 5.06 Å². The van der Waals surface area contributed by atoms with Gasteiger partial charge in [0.1, 0.15) is 0 Å². The molecule has 1 aliphatic heterocycles. The zero-order valence-electron chi connectivity index (χ0n) is 23.6. The van der Waals surface area contributed by atoms with Gasteiger partial charge >= 0.3 is 11.9 Å². The van der Waals surface area contributed by atoms with Crippen LogP contribution in [0.3, 0.4) is 0 Å². The second kappa shape index (κ2) is 22.1. The lowest BCUT2D eigenvalue weighted by Crippen LogP contribution is -2.16. The van der Waals surface area contributed by atoms with E-state index in [1.54, 1.807) is 31.4 Å². The summed E-state index contributed by atoms with van der Waals surface area (Å²) in [4.78, 5) is 24.7. The van der Waals surface area contributed by atoms with Crippen molar-refractivity contribution in [2.24, 2.45) is 5.92 Å². The van der Waals surface area contributed by atoms with Crippen LogP contribution >= 0.6 is 0 Å². The maximum Gasteiger partial charge on any atom is 0.339 e. The molecule has 0 amide bonds. The maximum absolute atomic E-state index is 12.4. The molecule has 0 bridgehead atoms. The number of esters is 2. The van der Waals surface area contributed by atoms with Crippen LogP contribution in [-0.2, 0) is 14.2 Å². The Labute approximate surface area is 224 Å². The molecular formula is C30H51NO6. The molecule has 7 heteroatoms. The molecule has 0 saturated carbocycles. The minimum absolute atomic E-state index is 0.293. The molecule has 37 heavy (non-hydrogen) atoms. The number of unbranched alkanes of at least 4 members (excludes halogenated alkanes) is 10. The minimum atomic E-state index is -0.444. The van der Waals surface area contributed by atoms with Crippen molar-refractivity contribution in [3.05, 3.63) is 35.4 Å². The average Bonchev–Trinajstić information content (AvgIpc) is 3.32. The highest BCUT2D eigenvalue weighted by atomic mass is 16.5. The molecule has 1 N–H and O–H groups in total. The summed E-state index contributed by atoms with van der Waals surface area (Å²) in [7, 11) is 1.69. The fraction of sp³-hybridized carbons (Fsp3) is 0.733. The highest BCUT2D eigenvalue weighted by Gasteiger charge is 2.20. The molecule has 1 aromatic carbocycles. The number of ether oxygens (including phenoxy) is 3. The standard InChI is InChI=1S/C24H38O4.C6H13NO2/c1-3-5-7-9-11-15-19-27-23(25)21-17-13-14-18-22(21)24(26)28-20-16-12-10-8-6-4-2;1-9-5-6-2-3-7(8)4-6/h13-14,17-18H,3-12,15-16,19-20H2,1-2H3;6,8H,2-5H2,1H3. The van der Waals surface area contributed by atoms with Gasteiger partial charge in [0, 0.05) is 20.2 Å². The van der Waals surface area contributed by atoms with Crippen LogP contribution in [0, 0.1) is 5.92 Å². The van der Waals surface area contributed by atoms with Crippen molar-refractivity contribution in [1.29, 1.82) is 0 Å². The van der Waals surface area contributed by atoms with Crippen LogP contribution in [0.1, 0.15) is 118 Å². The monoisotopic (exact) mass is 521 g/mol.